The predicted molar refractivity (Wildman–Crippen MR) is 99.4 cm³/mol. The molecule has 0 bridgehead atoms. The molecular formula is C19H18ClN3O3. The Balaban J connectivity index is 1.43. The Hall–Kier alpha value is -2.73. The van der Waals surface area contributed by atoms with Gasteiger partial charge in [0.05, 0.1) is 17.9 Å². The lowest BCUT2D eigenvalue weighted by molar-refractivity contribution is -0.118. The molecule has 0 spiro atoms. The van der Waals surface area contributed by atoms with Crippen molar-refractivity contribution >= 4 is 35.0 Å². The molecule has 1 atom stereocenters. The van der Waals surface area contributed by atoms with E-state index in [1.165, 1.54) is 0 Å². The highest BCUT2D eigenvalue weighted by Gasteiger charge is 2.39. The van der Waals surface area contributed by atoms with Gasteiger partial charge in [0, 0.05) is 18.1 Å². The van der Waals surface area contributed by atoms with Gasteiger partial charge in [-0.1, -0.05) is 41.9 Å². The van der Waals surface area contributed by atoms with Gasteiger partial charge in [-0.3, -0.25) is 4.79 Å². The average Bonchev–Trinajstić information content (AvgIpc) is 2.66. The fraction of sp³-hybridized carbons (Fsp3) is 0.263. The number of carbonyl (C=O) groups excluding carboxylic acids is 2. The van der Waals surface area contributed by atoms with Crippen LogP contribution in [0.5, 0.6) is 0 Å². The van der Waals surface area contributed by atoms with E-state index in [1.807, 2.05) is 41.3 Å². The summed E-state index contributed by atoms with van der Waals surface area (Å²) in [6.45, 7) is 1.58. The molecule has 134 valence electrons. The smallest absolute Gasteiger partial charge is 0.410 e. The maximum absolute atomic E-state index is 12.5. The molecule has 2 aromatic carbocycles. The molecule has 1 N–H and O–H groups in total. The lowest BCUT2D eigenvalue weighted by Crippen LogP contribution is -2.61. The van der Waals surface area contributed by atoms with Crippen LogP contribution in [-0.2, 0) is 16.1 Å². The molecule has 26 heavy (non-hydrogen) atoms. The SMILES string of the molecule is O=C1Nc2cc(Cl)ccc2N2CCN(C(=O)OCc3ccccc3)CC12. The third-order valence-corrected chi connectivity index (χ3v) is 4.91. The third-order valence-electron chi connectivity index (χ3n) is 4.67. The number of hydrogen-bond donors (Lipinski definition) is 1. The Labute approximate surface area is 156 Å². The fourth-order valence-electron chi connectivity index (χ4n) is 3.35. The minimum atomic E-state index is -0.429. The van der Waals surface area contributed by atoms with Crippen LogP contribution < -0.4 is 10.2 Å². The first-order valence-corrected chi connectivity index (χ1v) is 8.82. The number of halogens is 1. The van der Waals surface area contributed by atoms with E-state index in [0.29, 0.717) is 30.3 Å². The standard InChI is InChI=1S/C19H18ClN3O3/c20-14-6-7-16-15(10-14)21-18(24)17-11-22(8-9-23(16)17)19(25)26-12-13-4-2-1-3-5-13/h1-7,10,17H,8-9,11-12H2,(H,21,24). The topological polar surface area (TPSA) is 61.9 Å². The van der Waals surface area contributed by atoms with Gasteiger partial charge in [-0.05, 0) is 23.8 Å². The monoisotopic (exact) mass is 371 g/mol. The molecule has 1 unspecified atom stereocenters. The number of hydrogen-bond acceptors (Lipinski definition) is 4. The van der Waals surface area contributed by atoms with Crippen molar-refractivity contribution in [1.82, 2.24) is 4.90 Å². The van der Waals surface area contributed by atoms with Gasteiger partial charge < -0.3 is 19.9 Å². The first-order valence-electron chi connectivity index (χ1n) is 8.44. The molecule has 2 aliphatic rings. The zero-order valence-electron chi connectivity index (χ0n) is 14.0. The molecule has 2 amide bonds. The number of benzene rings is 2. The quantitative estimate of drug-likeness (QED) is 0.881. The van der Waals surface area contributed by atoms with E-state index in [1.54, 1.807) is 17.0 Å². The zero-order chi connectivity index (χ0) is 18.1. The largest absolute Gasteiger partial charge is 0.445 e. The maximum atomic E-state index is 12.5. The van der Waals surface area contributed by atoms with Gasteiger partial charge in [-0.15, -0.1) is 0 Å². The summed E-state index contributed by atoms with van der Waals surface area (Å²) in [4.78, 5) is 28.5. The number of anilines is 2. The number of fused-ring (bicyclic) bond motifs is 3. The summed E-state index contributed by atoms with van der Waals surface area (Å²) in [6, 6.07) is 14.5. The number of nitrogens with zero attached hydrogens (tertiary/aromatic N) is 2. The number of ether oxygens (including phenoxy) is 1. The lowest BCUT2D eigenvalue weighted by Gasteiger charge is -2.44. The molecule has 6 nitrogen and oxygen atoms in total. The van der Waals surface area contributed by atoms with E-state index in [9.17, 15) is 9.59 Å². The van der Waals surface area contributed by atoms with E-state index in [-0.39, 0.29) is 12.5 Å². The highest BCUT2D eigenvalue weighted by atomic mass is 35.5. The molecule has 2 heterocycles. The summed E-state index contributed by atoms with van der Waals surface area (Å²) >= 11 is 6.01. The molecule has 2 aliphatic heterocycles. The van der Waals surface area contributed by atoms with Crippen molar-refractivity contribution in [1.29, 1.82) is 0 Å². The number of carbonyl (C=O) groups is 2. The van der Waals surface area contributed by atoms with Crippen molar-refractivity contribution in [2.24, 2.45) is 0 Å². The van der Waals surface area contributed by atoms with Crippen LogP contribution in [0.25, 0.3) is 0 Å². The molecule has 0 radical (unpaired) electrons. The number of nitrogens with one attached hydrogen (secondary N) is 1. The normalized spacial score (nSPS) is 18.7. The van der Waals surface area contributed by atoms with Crippen LogP contribution in [0.1, 0.15) is 5.56 Å². The van der Waals surface area contributed by atoms with E-state index in [0.717, 1.165) is 11.3 Å². The van der Waals surface area contributed by atoms with Crippen LogP contribution in [0.2, 0.25) is 5.02 Å². The number of amides is 2. The second-order valence-electron chi connectivity index (χ2n) is 6.35. The van der Waals surface area contributed by atoms with Crippen LogP contribution in [0.3, 0.4) is 0 Å². The molecule has 7 heteroatoms. The number of rotatable bonds is 2. The lowest BCUT2D eigenvalue weighted by atomic mass is 10.1. The van der Waals surface area contributed by atoms with Gasteiger partial charge in [-0.2, -0.15) is 0 Å². The summed E-state index contributed by atoms with van der Waals surface area (Å²) in [7, 11) is 0. The first kappa shape index (κ1) is 16.7. The van der Waals surface area contributed by atoms with E-state index in [4.69, 9.17) is 16.3 Å². The van der Waals surface area contributed by atoms with Crippen molar-refractivity contribution in [3.8, 4) is 0 Å². The minimum Gasteiger partial charge on any atom is -0.445 e. The van der Waals surface area contributed by atoms with Gasteiger partial charge in [0.25, 0.3) is 0 Å². The van der Waals surface area contributed by atoms with Crippen molar-refractivity contribution in [2.45, 2.75) is 12.6 Å². The van der Waals surface area contributed by atoms with Gasteiger partial charge in [-0.25, -0.2) is 4.79 Å². The summed E-state index contributed by atoms with van der Waals surface area (Å²) in [6.07, 6.45) is -0.400. The summed E-state index contributed by atoms with van der Waals surface area (Å²) in [5.74, 6) is -0.139. The highest BCUT2D eigenvalue weighted by molar-refractivity contribution is 6.31. The molecule has 0 saturated carbocycles. The second kappa shape index (κ2) is 6.88. The summed E-state index contributed by atoms with van der Waals surface area (Å²) in [5.41, 5.74) is 2.57. The minimum absolute atomic E-state index is 0.139. The Morgan fingerprint density at radius 2 is 2.00 bits per heavy atom. The molecular weight excluding hydrogens is 354 g/mol. The second-order valence-corrected chi connectivity index (χ2v) is 6.78. The fourth-order valence-corrected chi connectivity index (χ4v) is 3.52. The molecule has 1 fully saturated rings. The third kappa shape index (κ3) is 3.20. The molecule has 1 saturated heterocycles. The van der Waals surface area contributed by atoms with Crippen LogP contribution >= 0.6 is 11.6 Å². The predicted octanol–water partition coefficient (Wildman–Crippen LogP) is 3.12. The van der Waals surface area contributed by atoms with Crippen molar-refractivity contribution < 1.29 is 14.3 Å². The van der Waals surface area contributed by atoms with Gasteiger partial charge in [0.2, 0.25) is 5.91 Å². The van der Waals surface area contributed by atoms with Crippen LogP contribution in [0, 0.1) is 0 Å². The Kier molecular flexibility index (Phi) is 4.42. The van der Waals surface area contributed by atoms with Crippen LogP contribution in [0.4, 0.5) is 16.2 Å². The van der Waals surface area contributed by atoms with E-state index in [2.05, 4.69) is 5.32 Å². The van der Waals surface area contributed by atoms with Gasteiger partial charge >= 0.3 is 6.09 Å². The Bertz CT molecular complexity index is 843. The summed E-state index contributed by atoms with van der Waals surface area (Å²) < 4.78 is 5.39. The van der Waals surface area contributed by atoms with E-state index < -0.39 is 12.1 Å². The van der Waals surface area contributed by atoms with Gasteiger partial charge in [0.15, 0.2) is 0 Å². The number of piperazine rings is 1. The summed E-state index contributed by atoms with van der Waals surface area (Å²) in [5, 5.41) is 3.45. The van der Waals surface area contributed by atoms with Crippen molar-refractivity contribution in [3.05, 3.63) is 59.1 Å². The average molecular weight is 372 g/mol. The zero-order valence-corrected chi connectivity index (χ0v) is 14.8. The molecule has 0 aliphatic carbocycles. The highest BCUT2D eigenvalue weighted by Crippen LogP contribution is 2.35. The van der Waals surface area contributed by atoms with E-state index >= 15 is 0 Å². The Morgan fingerprint density at radius 1 is 1.19 bits per heavy atom. The van der Waals surface area contributed by atoms with Crippen molar-refractivity contribution in [3.63, 3.8) is 0 Å². The molecule has 2 aromatic rings. The van der Waals surface area contributed by atoms with Gasteiger partial charge in [0.1, 0.15) is 12.6 Å². The molecule has 0 aromatic heterocycles. The van der Waals surface area contributed by atoms with Crippen LogP contribution in [-0.4, -0.2) is 42.6 Å². The van der Waals surface area contributed by atoms with Crippen LogP contribution in [0.15, 0.2) is 48.5 Å². The molecule has 4 rings (SSSR count). The van der Waals surface area contributed by atoms with Crippen molar-refractivity contribution in [2.75, 3.05) is 29.9 Å². The first-order chi connectivity index (χ1) is 12.6. The Morgan fingerprint density at radius 3 is 2.81 bits per heavy atom. The maximum Gasteiger partial charge on any atom is 0.410 e.